The average molecular weight is 412 g/mol. The number of likely N-dealkylation sites (tertiary alicyclic amines) is 1. The summed E-state index contributed by atoms with van der Waals surface area (Å²) >= 11 is 5.92. The lowest BCUT2D eigenvalue weighted by Gasteiger charge is -2.55. The molecule has 0 unspecified atom stereocenters. The lowest BCUT2D eigenvalue weighted by Crippen LogP contribution is -2.60. The number of piperidine rings is 3. The molecule has 1 N–H and O–H groups in total. The topological polar surface area (TPSA) is 37.0 Å². The number of anilines is 1. The predicted molar refractivity (Wildman–Crippen MR) is 117 cm³/mol. The van der Waals surface area contributed by atoms with Crippen LogP contribution in [0.25, 0.3) is 0 Å². The van der Waals surface area contributed by atoms with E-state index < -0.39 is 0 Å². The minimum atomic E-state index is 0.298. The van der Waals surface area contributed by atoms with Crippen molar-refractivity contribution in [1.82, 2.24) is 9.80 Å². The number of ether oxygens (including phenoxy) is 2. The number of thiocarbonyl (C=S) groups is 1. The lowest BCUT2D eigenvalue weighted by molar-refractivity contribution is 0.0132. The second-order valence-corrected chi connectivity index (χ2v) is 9.59. The first-order valence-corrected chi connectivity index (χ1v) is 11.6. The summed E-state index contributed by atoms with van der Waals surface area (Å²) in [6.45, 7) is 3.87. The molecule has 6 heteroatoms. The van der Waals surface area contributed by atoms with Gasteiger partial charge in [-0.15, -0.1) is 0 Å². The number of nitrogens with zero attached hydrogens (tertiary/aromatic N) is 2. The minimum Gasteiger partial charge on any atom is -0.454 e. The summed E-state index contributed by atoms with van der Waals surface area (Å²) in [7, 11) is 0. The van der Waals surface area contributed by atoms with Gasteiger partial charge in [0.25, 0.3) is 0 Å². The van der Waals surface area contributed by atoms with Crippen molar-refractivity contribution in [3.63, 3.8) is 0 Å². The summed E-state index contributed by atoms with van der Waals surface area (Å²) in [6, 6.07) is 7.23. The van der Waals surface area contributed by atoms with Crippen LogP contribution < -0.4 is 14.8 Å². The minimum absolute atomic E-state index is 0.298. The molecule has 2 bridgehead atoms. The number of fused-ring (bicyclic) bond motifs is 7. The standard InChI is InChI=1S/C23H29N3O2S/c29-23(24-18-6-7-20-21(12-18)28-14-27-20)26-9-3-4-15-10-16-11-17(22(15)26)13-25-8-2-1-5-19(16)25/h6-7,10,12,16-17,19,22H,1-5,8-9,11,13-14H2,(H,24,29)/t16-,17+,19-,22-/m1/s1. The maximum Gasteiger partial charge on any atom is 0.231 e. The molecule has 154 valence electrons. The van der Waals surface area contributed by atoms with Crippen LogP contribution in [-0.4, -0.2) is 53.4 Å². The van der Waals surface area contributed by atoms with Crippen molar-refractivity contribution in [3.8, 4) is 11.5 Å². The van der Waals surface area contributed by atoms with Crippen LogP contribution in [0.4, 0.5) is 5.69 Å². The van der Waals surface area contributed by atoms with Crippen LogP contribution in [0, 0.1) is 11.8 Å². The highest BCUT2D eigenvalue weighted by atomic mass is 32.1. The molecule has 1 aromatic rings. The SMILES string of the molecule is S=C(Nc1ccc2c(c1)OCO2)N1CCCC2=C[C@@H]3C[C@@H](CN4CCCC[C@H]34)[C@@H]21. The van der Waals surface area contributed by atoms with Gasteiger partial charge >= 0.3 is 0 Å². The van der Waals surface area contributed by atoms with Crippen molar-refractivity contribution in [3.05, 3.63) is 29.8 Å². The number of nitrogens with one attached hydrogen (secondary N) is 1. The Hall–Kier alpha value is -1.79. The summed E-state index contributed by atoms with van der Waals surface area (Å²) < 4.78 is 11.0. The maximum atomic E-state index is 5.92. The van der Waals surface area contributed by atoms with E-state index in [4.69, 9.17) is 21.7 Å². The Kier molecular flexibility index (Phi) is 4.45. The normalized spacial score (nSPS) is 32.8. The Morgan fingerprint density at radius 3 is 3.00 bits per heavy atom. The van der Waals surface area contributed by atoms with Crippen LogP contribution in [0.1, 0.15) is 38.5 Å². The Morgan fingerprint density at radius 1 is 1.10 bits per heavy atom. The summed E-state index contributed by atoms with van der Waals surface area (Å²) in [5, 5.41) is 4.33. The van der Waals surface area contributed by atoms with E-state index in [1.807, 2.05) is 18.2 Å². The number of hydrogen-bond acceptors (Lipinski definition) is 4. The van der Waals surface area contributed by atoms with E-state index in [0.717, 1.165) is 40.8 Å². The molecule has 0 aromatic heterocycles. The summed E-state index contributed by atoms with van der Waals surface area (Å²) in [5.74, 6) is 3.06. The first-order valence-electron chi connectivity index (χ1n) is 11.2. The zero-order valence-corrected chi connectivity index (χ0v) is 17.6. The molecule has 4 heterocycles. The molecule has 0 radical (unpaired) electrons. The van der Waals surface area contributed by atoms with E-state index in [1.54, 1.807) is 5.57 Å². The smallest absolute Gasteiger partial charge is 0.231 e. The molecular weight excluding hydrogens is 382 g/mol. The van der Waals surface area contributed by atoms with Crippen molar-refractivity contribution in [2.45, 2.75) is 50.6 Å². The van der Waals surface area contributed by atoms with Gasteiger partial charge in [0, 0.05) is 30.9 Å². The maximum absolute atomic E-state index is 5.92. The fourth-order valence-corrected chi connectivity index (χ4v) is 6.69. The van der Waals surface area contributed by atoms with Gasteiger partial charge in [-0.3, -0.25) is 4.90 Å². The Morgan fingerprint density at radius 2 is 2.03 bits per heavy atom. The van der Waals surface area contributed by atoms with Gasteiger partial charge in [-0.1, -0.05) is 18.1 Å². The highest BCUT2D eigenvalue weighted by Crippen LogP contribution is 2.45. The third-order valence-corrected chi connectivity index (χ3v) is 7.88. The quantitative estimate of drug-likeness (QED) is 0.556. The number of hydrogen-bond donors (Lipinski definition) is 1. The highest BCUT2D eigenvalue weighted by Gasteiger charge is 2.46. The van der Waals surface area contributed by atoms with Crippen LogP contribution in [0.3, 0.4) is 0 Å². The molecular formula is C23H29N3O2S. The fraction of sp³-hybridized carbons (Fsp3) is 0.609. The largest absolute Gasteiger partial charge is 0.454 e. The second kappa shape index (κ2) is 7.17. The van der Waals surface area contributed by atoms with Crippen molar-refractivity contribution in [2.75, 3.05) is 31.7 Å². The third kappa shape index (κ3) is 3.12. The van der Waals surface area contributed by atoms with Gasteiger partial charge in [-0.05, 0) is 74.8 Å². The first kappa shape index (κ1) is 18.0. The fourth-order valence-electron chi connectivity index (χ4n) is 6.37. The zero-order chi connectivity index (χ0) is 19.4. The molecule has 3 fully saturated rings. The van der Waals surface area contributed by atoms with Crippen molar-refractivity contribution in [1.29, 1.82) is 0 Å². The van der Waals surface area contributed by atoms with E-state index in [0.29, 0.717) is 18.8 Å². The van der Waals surface area contributed by atoms with Crippen LogP contribution in [0.15, 0.2) is 29.8 Å². The highest BCUT2D eigenvalue weighted by molar-refractivity contribution is 7.80. The lowest BCUT2D eigenvalue weighted by atomic mass is 9.68. The third-order valence-electron chi connectivity index (χ3n) is 7.54. The number of benzene rings is 1. The van der Waals surface area contributed by atoms with Gasteiger partial charge in [-0.2, -0.15) is 0 Å². The summed E-state index contributed by atoms with van der Waals surface area (Å²) in [6.07, 6.45) is 10.6. The molecule has 0 spiro atoms. The van der Waals surface area contributed by atoms with Gasteiger partial charge < -0.3 is 19.7 Å². The molecule has 1 aliphatic carbocycles. The predicted octanol–water partition coefficient (Wildman–Crippen LogP) is 4.01. The Balaban J connectivity index is 1.24. The Bertz CT molecular complexity index is 857. The van der Waals surface area contributed by atoms with E-state index in [1.165, 1.54) is 51.6 Å². The van der Waals surface area contributed by atoms with Crippen molar-refractivity contribution in [2.24, 2.45) is 11.8 Å². The molecule has 4 aliphatic heterocycles. The van der Waals surface area contributed by atoms with E-state index in [2.05, 4.69) is 21.2 Å². The monoisotopic (exact) mass is 411 g/mol. The van der Waals surface area contributed by atoms with E-state index in [9.17, 15) is 0 Å². The molecule has 4 atom stereocenters. The van der Waals surface area contributed by atoms with E-state index >= 15 is 0 Å². The van der Waals surface area contributed by atoms with Crippen molar-refractivity contribution < 1.29 is 9.47 Å². The summed E-state index contributed by atoms with van der Waals surface area (Å²) in [4.78, 5) is 5.26. The summed E-state index contributed by atoms with van der Waals surface area (Å²) in [5.41, 5.74) is 2.63. The molecule has 6 rings (SSSR count). The van der Waals surface area contributed by atoms with Crippen molar-refractivity contribution >= 4 is 23.0 Å². The van der Waals surface area contributed by atoms with Gasteiger partial charge in [0.2, 0.25) is 6.79 Å². The van der Waals surface area contributed by atoms with E-state index in [-0.39, 0.29) is 0 Å². The zero-order valence-electron chi connectivity index (χ0n) is 16.8. The first-order chi connectivity index (χ1) is 14.3. The van der Waals surface area contributed by atoms with Crippen LogP contribution in [0.5, 0.6) is 11.5 Å². The number of rotatable bonds is 1. The van der Waals surface area contributed by atoms with Crippen LogP contribution in [0.2, 0.25) is 0 Å². The van der Waals surface area contributed by atoms with Gasteiger partial charge in [0.1, 0.15) is 0 Å². The molecule has 0 amide bonds. The molecule has 5 nitrogen and oxygen atoms in total. The molecule has 29 heavy (non-hydrogen) atoms. The Labute approximate surface area is 178 Å². The molecule has 3 saturated heterocycles. The van der Waals surface area contributed by atoms with Crippen LogP contribution in [-0.2, 0) is 0 Å². The van der Waals surface area contributed by atoms with Crippen LogP contribution >= 0.6 is 12.2 Å². The average Bonchev–Trinajstić information content (AvgIpc) is 3.21. The van der Waals surface area contributed by atoms with Gasteiger partial charge in [-0.25, -0.2) is 0 Å². The molecule has 1 aromatic carbocycles. The van der Waals surface area contributed by atoms with Gasteiger partial charge in [0.05, 0.1) is 6.04 Å². The molecule has 0 saturated carbocycles. The molecule has 5 aliphatic rings. The van der Waals surface area contributed by atoms with Gasteiger partial charge in [0.15, 0.2) is 16.6 Å². The second-order valence-electron chi connectivity index (χ2n) is 9.20.